The third-order valence-electron chi connectivity index (χ3n) is 2.86. The van der Waals surface area contributed by atoms with Crippen LogP contribution in [0.15, 0.2) is 29.9 Å². The summed E-state index contributed by atoms with van der Waals surface area (Å²) in [5.41, 5.74) is 0. The summed E-state index contributed by atoms with van der Waals surface area (Å²) < 4.78 is 0. The number of amides is 1. The quantitative estimate of drug-likeness (QED) is 0.726. The van der Waals surface area contributed by atoms with Crippen LogP contribution in [0.1, 0.15) is 19.6 Å². The van der Waals surface area contributed by atoms with Crippen LogP contribution in [0.4, 0.5) is 0 Å². The van der Waals surface area contributed by atoms with Crippen LogP contribution < -0.4 is 0 Å². The summed E-state index contributed by atoms with van der Waals surface area (Å²) in [6, 6.07) is 4.00. The first kappa shape index (κ1) is 14.4. The molecule has 0 N–H and O–H groups in total. The molecule has 0 fully saturated rings. The summed E-state index contributed by atoms with van der Waals surface area (Å²) in [4.78, 5) is 25.5. The van der Waals surface area contributed by atoms with Gasteiger partial charge in [-0.25, -0.2) is 9.97 Å². The number of thiazole rings is 2. The van der Waals surface area contributed by atoms with E-state index in [0.717, 1.165) is 19.8 Å². The second-order valence-corrected chi connectivity index (χ2v) is 7.81. The van der Waals surface area contributed by atoms with E-state index in [1.807, 2.05) is 37.7 Å². The average molecular weight is 335 g/mol. The van der Waals surface area contributed by atoms with E-state index < -0.39 is 0 Å². The van der Waals surface area contributed by atoms with Crippen molar-refractivity contribution in [2.45, 2.75) is 13.5 Å². The zero-order valence-corrected chi connectivity index (χ0v) is 14.0. The zero-order chi connectivity index (χ0) is 14.8. The van der Waals surface area contributed by atoms with Crippen molar-refractivity contribution >= 4 is 39.9 Å². The summed E-state index contributed by atoms with van der Waals surface area (Å²) in [6.45, 7) is 2.54. The number of hydrogen-bond acceptors (Lipinski definition) is 6. The molecule has 3 aromatic rings. The largest absolute Gasteiger partial charge is 0.336 e. The molecule has 0 saturated carbocycles. The van der Waals surface area contributed by atoms with Gasteiger partial charge >= 0.3 is 0 Å². The number of carbonyl (C=O) groups is 1. The smallest absolute Gasteiger partial charge is 0.265 e. The third-order valence-corrected chi connectivity index (χ3v) is 5.78. The van der Waals surface area contributed by atoms with Gasteiger partial charge in [0.1, 0.15) is 9.88 Å². The molecule has 0 unspecified atom stereocenters. The van der Waals surface area contributed by atoms with Crippen LogP contribution in [-0.2, 0) is 6.54 Å². The maximum absolute atomic E-state index is 12.4. The Hall–Kier alpha value is -1.57. The van der Waals surface area contributed by atoms with E-state index in [4.69, 9.17) is 0 Å². The van der Waals surface area contributed by atoms with E-state index >= 15 is 0 Å². The van der Waals surface area contributed by atoms with E-state index in [1.165, 1.54) is 11.3 Å². The fraction of sp³-hybridized carbons (Fsp3) is 0.214. The lowest BCUT2D eigenvalue weighted by Gasteiger charge is -2.14. The van der Waals surface area contributed by atoms with Gasteiger partial charge in [0.25, 0.3) is 5.91 Å². The second kappa shape index (κ2) is 6.05. The van der Waals surface area contributed by atoms with E-state index in [-0.39, 0.29) is 5.91 Å². The molecule has 0 atom stereocenters. The summed E-state index contributed by atoms with van der Waals surface area (Å²) in [6.07, 6.45) is 3.49. The highest BCUT2D eigenvalue weighted by molar-refractivity contribution is 7.22. The minimum Gasteiger partial charge on any atom is -0.336 e. The molecule has 21 heavy (non-hydrogen) atoms. The van der Waals surface area contributed by atoms with Crippen molar-refractivity contribution in [1.29, 1.82) is 0 Å². The predicted octanol–water partition coefficient (Wildman–Crippen LogP) is 3.91. The molecule has 108 valence electrons. The molecular weight excluding hydrogens is 322 g/mol. The Morgan fingerprint density at radius 2 is 2.14 bits per heavy atom. The molecule has 7 heteroatoms. The van der Waals surface area contributed by atoms with Gasteiger partial charge in [-0.2, -0.15) is 0 Å². The van der Waals surface area contributed by atoms with Crippen LogP contribution in [-0.4, -0.2) is 27.8 Å². The van der Waals surface area contributed by atoms with Gasteiger partial charge in [0.15, 0.2) is 0 Å². The fourth-order valence-electron chi connectivity index (χ4n) is 1.86. The van der Waals surface area contributed by atoms with Gasteiger partial charge in [0.05, 0.1) is 22.6 Å². The lowest BCUT2D eigenvalue weighted by Crippen LogP contribution is -2.24. The number of rotatable bonds is 4. The molecule has 3 rings (SSSR count). The summed E-state index contributed by atoms with van der Waals surface area (Å²) >= 11 is 4.69. The zero-order valence-electron chi connectivity index (χ0n) is 11.6. The van der Waals surface area contributed by atoms with E-state index in [9.17, 15) is 4.79 Å². The highest BCUT2D eigenvalue weighted by Crippen LogP contribution is 2.29. The Morgan fingerprint density at radius 3 is 2.81 bits per heavy atom. The Morgan fingerprint density at radius 1 is 1.29 bits per heavy atom. The topological polar surface area (TPSA) is 46.1 Å². The lowest BCUT2D eigenvalue weighted by atomic mass is 10.4. The fourth-order valence-corrected chi connectivity index (χ4v) is 4.42. The van der Waals surface area contributed by atoms with Crippen LogP contribution in [0.25, 0.3) is 9.88 Å². The van der Waals surface area contributed by atoms with Crippen molar-refractivity contribution in [2.24, 2.45) is 0 Å². The van der Waals surface area contributed by atoms with Crippen molar-refractivity contribution in [1.82, 2.24) is 14.9 Å². The molecule has 4 nitrogen and oxygen atoms in total. The van der Waals surface area contributed by atoms with Crippen molar-refractivity contribution < 1.29 is 4.79 Å². The molecule has 0 bridgehead atoms. The molecule has 0 aliphatic carbocycles. The van der Waals surface area contributed by atoms with E-state index in [2.05, 4.69) is 9.97 Å². The molecule has 0 aliphatic rings. The maximum atomic E-state index is 12.4. The number of hydrogen-bond donors (Lipinski definition) is 0. The Kier molecular flexibility index (Phi) is 4.14. The molecule has 0 aromatic carbocycles. The Balaban J connectivity index is 1.72. The SMILES string of the molecule is Cc1ncc(CN(C)C(=O)c2cnc(-c3cccs3)s2)s1. The summed E-state index contributed by atoms with van der Waals surface area (Å²) in [7, 11) is 1.81. The Bertz CT molecular complexity index is 745. The second-order valence-electron chi connectivity index (χ2n) is 4.51. The molecule has 1 amide bonds. The molecule has 0 aliphatic heterocycles. The molecule has 3 heterocycles. The average Bonchev–Trinajstić information content (AvgIpc) is 3.18. The van der Waals surface area contributed by atoms with Crippen LogP contribution >= 0.6 is 34.0 Å². The van der Waals surface area contributed by atoms with Gasteiger partial charge < -0.3 is 4.90 Å². The van der Waals surface area contributed by atoms with Crippen molar-refractivity contribution in [3.63, 3.8) is 0 Å². The van der Waals surface area contributed by atoms with Crippen molar-refractivity contribution in [2.75, 3.05) is 7.05 Å². The van der Waals surface area contributed by atoms with E-state index in [1.54, 1.807) is 33.8 Å². The van der Waals surface area contributed by atoms with E-state index in [0.29, 0.717) is 11.4 Å². The van der Waals surface area contributed by atoms with Crippen molar-refractivity contribution in [3.05, 3.63) is 44.7 Å². The normalized spacial score (nSPS) is 10.8. The first-order valence-corrected chi connectivity index (χ1v) is 8.81. The van der Waals surface area contributed by atoms with Crippen LogP contribution in [0, 0.1) is 6.92 Å². The number of nitrogens with zero attached hydrogens (tertiary/aromatic N) is 3. The first-order valence-electron chi connectivity index (χ1n) is 6.30. The maximum Gasteiger partial charge on any atom is 0.265 e. The van der Waals surface area contributed by atoms with Gasteiger partial charge in [-0.1, -0.05) is 6.07 Å². The van der Waals surface area contributed by atoms with Gasteiger partial charge in [-0.3, -0.25) is 4.79 Å². The number of carbonyl (C=O) groups excluding carboxylic acids is 1. The molecule has 0 saturated heterocycles. The number of aromatic nitrogens is 2. The highest BCUT2D eigenvalue weighted by atomic mass is 32.1. The van der Waals surface area contributed by atoms with Gasteiger partial charge in [0, 0.05) is 18.1 Å². The molecule has 0 spiro atoms. The van der Waals surface area contributed by atoms with Crippen LogP contribution in [0.2, 0.25) is 0 Å². The molecule has 3 aromatic heterocycles. The standard InChI is InChI=1S/C14H13N3OS3/c1-9-15-6-10(20-9)8-17(2)14(18)12-7-16-13(21-12)11-4-3-5-19-11/h3-7H,8H2,1-2H3. The predicted molar refractivity (Wildman–Crippen MR) is 88.1 cm³/mol. The van der Waals surface area contributed by atoms with Crippen LogP contribution in [0.3, 0.4) is 0 Å². The summed E-state index contributed by atoms with van der Waals surface area (Å²) in [5, 5.41) is 3.93. The number of aryl methyl sites for hydroxylation is 1. The number of thiophene rings is 1. The van der Waals surface area contributed by atoms with Crippen molar-refractivity contribution in [3.8, 4) is 9.88 Å². The monoisotopic (exact) mass is 335 g/mol. The minimum absolute atomic E-state index is 0.00126. The van der Waals surface area contributed by atoms with Gasteiger partial charge in [0.2, 0.25) is 0 Å². The Labute approximate surface area is 134 Å². The molecular formula is C14H13N3OS3. The third kappa shape index (κ3) is 3.20. The first-order chi connectivity index (χ1) is 10.1. The minimum atomic E-state index is 0.00126. The molecule has 0 radical (unpaired) electrons. The summed E-state index contributed by atoms with van der Waals surface area (Å²) in [5.74, 6) is 0.00126. The van der Waals surface area contributed by atoms with Crippen LogP contribution in [0.5, 0.6) is 0 Å². The van der Waals surface area contributed by atoms with Gasteiger partial charge in [-0.15, -0.1) is 34.0 Å². The highest BCUT2D eigenvalue weighted by Gasteiger charge is 2.17. The van der Waals surface area contributed by atoms with Gasteiger partial charge in [-0.05, 0) is 18.4 Å². The lowest BCUT2D eigenvalue weighted by molar-refractivity contribution is 0.0791.